The van der Waals surface area contributed by atoms with E-state index in [1.807, 2.05) is 0 Å². The van der Waals surface area contributed by atoms with Crippen molar-refractivity contribution in [2.45, 2.75) is 25.3 Å². The first-order valence-corrected chi connectivity index (χ1v) is 5.61. The number of Topliss-reactive ketones (excluding diaryl/α,β-unsaturated/α-hetero) is 1. The molecule has 1 atom stereocenters. The summed E-state index contributed by atoms with van der Waals surface area (Å²) in [5.41, 5.74) is 0. The number of carbonyl (C=O) groups excluding carboxylic acids is 1. The molecule has 0 aromatic heterocycles. The Morgan fingerprint density at radius 1 is 1.21 bits per heavy atom. The zero-order valence-electron chi connectivity index (χ0n) is 9.20. The van der Waals surface area contributed by atoms with Crippen LogP contribution in [0, 0.1) is 5.92 Å². The van der Waals surface area contributed by atoms with Gasteiger partial charge in [0.1, 0.15) is 0 Å². The largest absolute Gasteiger partial charge is 0.304 e. The molecule has 1 saturated heterocycles. The summed E-state index contributed by atoms with van der Waals surface area (Å²) in [4.78, 5) is 16.5. The summed E-state index contributed by atoms with van der Waals surface area (Å²) in [5.74, 6) is 0.884. The fraction of sp³-hybridized carbons (Fsp3) is 0.909. The Morgan fingerprint density at radius 3 is 2.57 bits per heavy atom. The SMILES string of the molecule is CN1CCCN(C)C(C(=O)C2CC2)C1. The highest BCUT2D eigenvalue weighted by molar-refractivity contribution is 5.88. The molecule has 1 saturated carbocycles. The van der Waals surface area contributed by atoms with Crippen molar-refractivity contribution in [3.05, 3.63) is 0 Å². The molecule has 2 fully saturated rings. The van der Waals surface area contributed by atoms with Crippen LogP contribution in [-0.2, 0) is 4.79 Å². The van der Waals surface area contributed by atoms with Crippen molar-refractivity contribution in [3.8, 4) is 0 Å². The fourth-order valence-electron chi connectivity index (χ4n) is 2.22. The van der Waals surface area contributed by atoms with Crippen molar-refractivity contribution in [1.29, 1.82) is 0 Å². The number of hydrogen-bond acceptors (Lipinski definition) is 3. The molecule has 3 heteroatoms. The summed E-state index contributed by atoms with van der Waals surface area (Å²) >= 11 is 0. The van der Waals surface area contributed by atoms with Gasteiger partial charge < -0.3 is 4.90 Å². The summed E-state index contributed by atoms with van der Waals surface area (Å²) in [6, 6.07) is 0.162. The maximum Gasteiger partial charge on any atom is 0.154 e. The van der Waals surface area contributed by atoms with Gasteiger partial charge in [0.25, 0.3) is 0 Å². The molecule has 80 valence electrons. The molecular formula is C11H20N2O. The Labute approximate surface area is 86.1 Å². The zero-order valence-corrected chi connectivity index (χ0v) is 9.20. The van der Waals surface area contributed by atoms with Gasteiger partial charge in [0, 0.05) is 12.5 Å². The number of hydrogen-bond donors (Lipinski definition) is 0. The third kappa shape index (κ3) is 2.15. The average molecular weight is 196 g/mol. The van der Waals surface area contributed by atoms with Gasteiger partial charge in [0.05, 0.1) is 6.04 Å². The number of likely N-dealkylation sites (N-methyl/N-ethyl adjacent to an activating group) is 2. The molecule has 1 aliphatic carbocycles. The molecule has 14 heavy (non-hydrogen) atoms. The molecule has 0 aromatic rings. The quantitative estimate of drug-likeness (QED) is 0.646. The van der Waals surface area contributed by atoms with E-state index in [1.54, 1.807) is 0 Å². The molecule has 0 N–H and O–H groups in total. The van der Waals surface area contributed by atoms with Crippen molar-refractivity contribution in [2.24, 2.45) is 5.92 Å². The van der Waals surface area contributed by atoms with E-state index in [0.29, 0.717) is 11.7 Å². The average Bonchev–Trinajstić information content (AvgIpc) is 2.94. The number of carbonyl (C=O) groups is 1. The molecule has 0 spiro atoms. The van der Waals surface area contributed by atoms with Crippen molar-refractivity contribution in [1.82, 2.24) is 9.80 Å². The lowest BCUT2D eigenvalue weighted by Crippen LogP contribution is -2.44. The van der Waals surface area contributed by atoms with Crippen LogP contribution in [0.4, 0.5) is 0 Å². The maximum atomic E-state index is 12.0. The summed E-state index contributed by atoms with van der Waals surface area (Å²) in [6.07, 6.45) is 3.45. The Morgan fingerprint density at radius 2 is 1.93 bits per heavy atom. The van der Waals surface area contributed by atoms with Crippen LogP contribution in [0.2, 0.25) is 0 Å². The lowest BCUT2D eigenvalue weighted by atomic mass is 10.1. The van der Waals surface area contributed by atoms with E-state index in [9.17, 15) is 4.79 Å². The highest BCUT2D eigenvalue weighted by Crippen LogP contribution is 2.32. The topological polar surface area (TPSA) is 23.6 Å². The molecule has 1 heterocycles. The van der Waals surface area contributed by atoms with Gasteiger partial charge in [-0.2, -0.15) is 0 Å². The van der Waals surface area contributed by atoms with Crippen LogP contribution >= 0.6 is 0 Å². The van der Waals surface area contributed by atoms with Crippen LogP contribution in [0.1, 0.15) is 19.3 Å². The van der Waals surface area contributed by atoms with Gasteiger partial charge in [0.15, 0.2) is 5.78 Å². The zero-order chi connectivity index (χ0) is 10.1. The normalized spacial score (nSPS) is 31.4. The van der Waals surface area contributed by atoms with Crippen LogP contribution in [-0.4, -0.2) is 55.4 Å². The summed E-state index contributed by atoms with van der Waals surface area (Å²) in [7, 11) is 4.20. The first-order chi connectivity index (χ1) is 6.68. The second kappa shape index (κ2) is 3.99. The third-order valence-corrected chi connectivity index (χ3v) is 3.38. The lowest BCUT2D eigenvalue weighted by Gasteiger charge is -2.26. The minimum Gasteiger partial charge on any atom is -0.304 e. The monoisotopic (exact) mass is 196 g/mol. The van der Waals surface area contributed by atoms with E-state index in [-0.39, 0.29) is 6.04 Å². The predicted molar refractivity (Wildman–Crippen MR) is 56.3 cm³/mol. The van der Waals surface area contributed by atoms with Gasteiger partial charge in [-0.15, -0.1) is 0 Å². The Bertz CT molecular complexity index is 225. The smallest absolute Gasteiger partial charge is 0.154 e. The molecule has 0 amide bonds. The molecule has 1 unspecified atom stereocenters. The van der Waals surface area contributed by atoms with Crippen LogP contribution in [0.15, 0.2) is 0 Å². The molecule has 0 radical (unpaired) electrons. The molecular weight excluding hydrogens is 176 g/mol. The Kier molecular flexibility index (Phi) is 2.88. The fourth-order valence-corrected chi connectivity index (χ4v) is 2.22. The highest BCUT2D eigenvalue weighted by Gasteiger charge is 2.37. The lowest BCUT2D eigenvalue weighted by molar-refractivity contribution is -0.125. The highest BCUT2D eigenvalue weighted by atomic mass is 16.1. The van der Waals surface area contributed by atoms with Gasteiger partial charge in [0.2, 0.25) is 0 Å². The standard InChI is InChI=1S/C11H20N2O/c1-12-6-3-7-13(2)10(8-12)11(14)9-4-5-9/h9-10H,3-8H2,1-2H3. The second-order valence-corrected chi connectivity index (χ2v) is 4.79. The molecule has 3 nitrogen and oxygen atoms in total. The third-order valence-electron chi connectivity index (χ3n) is 3.38. The minimum atomic E-state index is 0.162. The van der Waals surface area contributed by atoms with Gasteiger partial charge >= 0.3 is 0 Å². The van der Waals surface area contributed by atoms with E-state index in [4.69, 9.17) is 0 Å². The van der Waals surface area contributed by atoms with Crippen molar-refractivity contribution < 1.29 is 4.79 Å². The maximum absolute atomic E-state index is 12.0. The molecule has 2 aliphatic rings. The van der Waals surface area contributed by atoms with Crippen LogP contribution in [0.3, 0.4) is 0 Å². The van der Waals surface area contributed by atoms with E-state index in [2.05, 4.69) is 23.9 Å². The van der Waals surface area contributed by atoms with E-state index in [0.717, 1.165) is 32.5 Å². The molecule has 1 aliphatic heterocycles. The van der Waals surface area contributed by atoms with Crippen molar-refractivity contribution in [3.63, 3.8) is 0 Å². The molecule has 0 aromatic carbocycles. The van der Waals surface area contributed by atoms with Crippen LogP contribution in [0.5, 0.6) is 0 Å². The Balaban J connectivity index is 2.01. The van der Waals surface area contributed by atoms with Gasteiger partial charge in [-0.1, -0.05) is 0 Å². The van der Waals surface area contributed by atoms with E-state index >= 15 is 0 Å². The minimum absolute atomic E-state index is 0.162. The van der Waals surface area contributed by atoms with E-state index in [1.165, 1.54) is 6.42 Å². The Hall–Kier alpha value is -0.410. The van der Waals surface area contributed by atoms with Crippen molar-refractivity contribution in [2.75, 3.05) is 33.7 Å². The molecule has 2 rings (SSSR count). The van der Waals surface area contributed by atoms with Crippen LogP contribution < -0.4 is 0 Å². The number of ketones is 1. The van der Waals surface area contributed by atoms with Crippen LogP contribution in [0.25, 0.3) is 0 Å². The first kappa shape index (κ1) is 10.1. The first-order valence-electron chi connectivity index (χ1n) is 5.61. The summed E-state index contributed by atoms with van der Waals surface area (Å²) < 4.78 is 0. The van der Waals surface area contributed by atoms with E-state index < -0.39 is 0 Å². The second-order valence-electron chi connectivity index (χ2n) is 4.79. The van der Waals surface area contributed by atoms with Crippen molar-refractivity contribution >= 4 is 5.78 Å². The summed E-state index contributed by atoms with van der Waals surface area (Å²) in [6.45, 7) is 3.11. The van der Waals surface area contributed by atoms with Gasteiger partial charge in [-0.05, 0) is 46.4 Å². The van der Waals surface area contributed by atoms with Gasteiger partial charge in [-0.25, -0.2) is 0 Å². The summed E-state index contributed by atoms with van der Waals surface area (Å²) in [5, 5.41) is 0. The predicted octanol–water partition coefficient (Wildman–Crippen LogP) is 0.601. The van der Waals surface area contributed by atoms with Gasteiger partial charge in [-0.3, -0.25) is 9.69 Å². The number of nitrogens with zero attached hydrogens (tertiary/aromatic N) is 2. The number of rotatable bonds is 2. The molecule has 0 bridgehead atoms.